The summed E-state index contributed by atoms with van der Waals surface area (Å²) in [6, 6.07) is 10.9. The maximum Gasteiger partial charge on any atom is 0.407 e. The second-order valence-corrected chi connectivity index (χ2v) is 10.7. The number of ether oxygens (including phenoxy) is 1. The van der Waals surface area contributed by atoms with Crippen molar-refractivity contribution in [2.45, 2.75) is 50.7 Å². The summed E-state index contributed by atoms with van der Waals surface area (Å²) in [6.45, 7) is 3.02. The van der Waals surface area contributed by atoms with Gasteiger partial charge in [-0.15, -0.1) is 0 Å². The molecule has 10 heteroatoms. The quantitative estimate of drug-likeness (QED) is 0.518. The summed E-state index contributed by atoms with van der Waals surface area (Å²) >= 11 is 12.5. The van der Waals surface area contributed by atoms with Gasteiger partial charge in [-0.05, 0) is 56.4 Å². The zero-order valence-electron chi connectivity index (χ0n) is 20.8. The molecule has 0 radical (unpaired) electrons. The topological polar surface area (TPSA) is 107 Å². The molecule has 1 saturated heterocycles. The molecule has 1 aliphatic carbocycles. The number of pyridine rings is 1. The highest BCUT2D eigenvalue weighted by Gasteiger charge is 2.42. The van der Waals surface area contributed by atoms with Crippen LogP contribution in [-0.4, -0.2) is 64.2 Å². The van der Waals surface area contributed by atoms with Crippen LogP contribution in [0.15, 0.2) is 36.5 Å². The van der Waals surface area contributed by atoms with Gasteiger partial charge in [0.2, 0.25) is 11.8 Å². The first kappa shape index (κ1) is 27.0. The number of amides is 2. The molecule has 0 spiro atoms. The molecule has 2 amide bonds. The molecule has 4 rings (SSSR count). The Kier molecular flexibility index (Phi) is 8.46. The summed E-state index contributed by atoms with van der Waals surface area (Å²) in [5, 5.41) is 19.2. The lowest BCUT2D eigenvalue weighted by Gasteiger charge is -2.34. The third-order valence-electron chi connectivity index (χ3n) is 7.72. The Balaban J connectivity index is 1.50. The Morgan fingerprint density at radius 3 is 2.49 bits per heavy atom. The van der Waals surface area contributed by atoms with E-state index >= 15 is 0 Å². The third kappa shape index (κ3) is 6.11. The van der Waals surface area contributed by atoms with E-state index in [2.05, 4.69) is 4.98 Å². The molecule has 37 heavy (non-hydrogen) atoms. The molecule has 2 heterocycles. The van der Waals surface area contributed by atoms with E-state index in [1.807, 2.05) is 30.0 Å². The van der Waals surface area contributed by atoms with Crippen molar-refractivity contribution in [1.29, 1.82) is 5.26 Å². The van der Waals surface area contributed by atoms with Crippen LogP contribution in [0.3, 0.4) is 0 Å². The second kappa shape index (κ2) is 11.6. The van der Waals surface area contributed by atoms with Gasteiger partial charge in [0.05, 0.1) is 15.6 Å². The van der Waals surface area contributed by atoms with E-state index < -0.39 is 6.09 Å². The maximum absolute atomic E-state index is 13.6. The molecule has 2 fully saturated rings. The van der Waals surface area contributed by atoms with Gasteiger partial charge in [0.25, 0.3) is 0 Å². The molecule has 3 unspecified atom stereocenters. The van der Waals surface area contributed by atoms with E-state index in [-0.39, 0.29) is 35.8 Å². The molecule has 1 N–H and O–H groups in total. The van der Waals surface area contributed by atoms with Crippen molar-refractivity contribution in [3.05, 3.63) is 57.7 Å². The molecule has 0 bridgehead atoms. The Labute approximate surface area is 226 Å². The fraction of sp³-hybridized carbons (Fsp3) is 0.481. The monoisotopic (exact) mass is 544 g/mol. The number of halogens is 2. The van der Waals surface area contributed by atoms with Gasteiger partial charge in [-0.25, -0.2) is 9.78 Å². The molecule has 1 aromatic carbocycles. The fourth-order valence-electron chi connectivity index (χ4n) is 5.50. The standard InChI is InChI=1S/C27H30Cl2N4O4/c1-16(37-25-10-3-17(12-30)13-31-25)21-14-33(15-22(21)19-6-9-23(28)24(29)11-19)26(34)18-4-7-20(8-5-18)32(2)27(35)36/h3,6,9-11,13,16,18,20-22H,4-5,7-8,14-15H2,1-2H3,(H,35,36). The molecule has 1 aromatic heterocycles. The van der Waals surface area contributed by atoms with E-state index in [0.29, 0.717) is 60.3 Å². The minimum atomic E-state index is -0.938. The summed E-state index contributed by atoms with van der Waals surface area (Å²) in [5.41, 5.74) is 1.44. The van der Waals surface area contributed by atoms with E-state index in [9.17, 15) is 14.7 Å². The first-order valence-corrected chi connectivity index (χ1v) is 13.2. The highest BCUT2D eigenvalue weighted by atomic mass is 35.5. The van der Waals surface area contributed by atoms with Gasteiger partial charge in [-0.1, -0.05) is 29.3 Å². The first-order valence-electron chi connectivity index (χ1n) is 12.4. The van der Waals surface area contributed by atoms with Crippen molar-refractivity contribution in [1.82, 2.24) is 14.8 Å². The van der Waals surface area contributed by atoms with Gasteiger partial charge < -0.3 is 19.6 Å². The van der Waals surface area contributed by atoms with Crippen LogP contribution < -0.4 is 4.74 Å². The third-order valence-corrected chi connectivity index (χ3v) is 8.46. The molecule has 1 saturated carbocycles. The Morgan fingerprint density at radius 1 is 1.16 bits per heavy atom. The average Bonchev–Trinajstić information content (AvgIpc) is 3.35. The summed E-state index contributed by atoms with van der Waals surface area (Å²) < 4.78 is 6.16. The van der Waals surface area contributed by atoms with Crippen LogP contribution in [0, 0.1) is 23.2 Å². The Morgan fingerprint density at radius 2 is 1.89 bits per heavy atom. The van der Waals surface area contributed by atoms with E-state index in [0.717, 1.165) is 5.56 Å². The van der Waals surface area contributed by atoms with Gasteiger partial charge >= 0.3 is 6.09 Å². The van der Waals surface area contributed by atoms with Crippen molar-refractivity contribution in [2.24, 2.45) is 11.8 Å². The van der Waals surface area contributed by atoms with Crippen LogP contribution in [-0.2, 0) is 4.79 Å². The van der Waals surface area contributed by atoms with Crippen molar-refractivity contribution < 1.29 is 19.4 Å². The zero-order valence-corrected chi connectivity index (χ0v) is 22.3. The minimum Gasteiger partial charge on any atom is -0.474 e. The fourth-order valence-corrected chi connectivity index (χ4v) is 5.81. The smallest absolute Gasteiger partial charge is 0.407 e. The van der Waals surface area contributed by atoms with Gasteiger partial charge in [-0.3, -0.25) is 4.79 Å². The normalized spacial score (nSPS) is 24.2. The van der Waals surface area contributed by atoms with Crippen LogP contribution in [0.5, 0.6) is 5.88 Å². The van der Waals surface area contributed by atoms with Crippen molar-refractivity contribution in [2.75, 3.05) is 20.1 Å². The highest BCUT2D eigenvalue weighted by Crippen LogP contribution is 2.40. The second-order valence-electron chi connectivity index (χ2n) is 9.91. The van der Waals surface area contributed by atoms with Crippen molar-refractivity contribution in [3.63, 3.8) is 0 Å². The molecule has 8 nitrogen and oxygen atoms in total. The SMILES string of the molecule is CC(Oc1ccc(C#N)cn1)C1CN(C(=O)C2CCC(N(C)C(=O)O)CC2)CC1c1ccc(Cl)c(Cl)c1. The van der Waals surface area contributed by atoms with Gasteiger partial charge in [-0.2, -0.15) is 5.26 Å². The Bertz CT molecular complexity index is 1180. The van der Waals surface area contributed by atoms with E-state index in [1.165, 1.54) is 11.1 Å². The molecule has 196 valence electrons. The molecule has 2 aromatic rings. The number of likely N-dealkylation sites (tertiary alicyclic amines) is 1. The molecule has 1 aliphatic heterocycles. The van der Waals surface area contributed by atoms with Crippen LogP contribution in [0.2, 0.25) is 10.0 Å². The number of carbonyl (C=O) groups is 2. The largest absolute Gasteiger partial charge is 0.474 e. The number of nitriles is 1. The predicted molar refractivity (Wildman–Crippen MR) is 140 cm³/mol. The number of carbonyl (C=O) groups excluding carboxylic acids is 1. The number of nitrogens with zero attached hydrogens (tertiary/aromatic N) is 4. The number of aromatic nitrogens is 1. The van der Waals surface area contributed by atoms with Crippen molar-refractivity contribution >= 4 is 35.2 Å². The van der Waals surface area contributed by atoms with Crippen LogP contribution >= 0.6 is 23.2 Å². The summed E-state index contributed by atoms with van der Waals surface area (Å²) in [4.78, 5) is 32.4. The van der Waals surface area contributed by atoms with Crippen molar-refractivity contribution in [3.8, 4) is 11.9 Å². The lowest BCUT2D eigenvalue weighted by Crippen LogP contribution is -2.42. The first-order chi connectivity index (χ1) is 17.7. The Hall–Kier alpha value is -3.02. The van der Waals surface area contributed by atoms with Crippen LogP contribution in [0.4, 0.5) is 4.79 Å². The van der Waals surface area contributed by atoms with Gasteiger partial charge in [0.15, 0.2) is 0 Å². The summed E-state index contributed by atoms with van der Waals surface area (Å²) in [6.07, 6.45) is 2.96. The summed E-state index contributed by atoms with van der Waals surface area (Å²) in [5.74, 6) is 0.371. The number of benzene rings is 1. The molecule has 2 aliphatic rings. The zero-order chi connectivity index (χ0) is 26.7. The molecule has 3 atom stereocenters. The number of hydrogen-bond acceptors (Lipinski definition) is 5. The lowest BCUT2D eigenvalue weighted by molar-refractivity contribution is -0.136. The van der Waals surface area contributed by atoms with E-state index in [4.69, 9.17) is 33.2 Å². The van der Waals surface area contributed by atoms with Crippen LogP contribution in [0.25, 0.3) is 0 Å². The summed E-state index contributed by atoms with van der Waals surface area (Å²) in [7, 11) is 1.59. The van der Waals surface area contributed by atoms with Gasteiger partial charge in [0, 0.05) is 56.2 Å². The van der Waals surface area contributed by atoms with Crippen LogP contribution in [0.1, 0.15) is 49.7 Å². The highest BCUT2D eigenvalue weighted by molar-refractivity contribution is 6.42. The molecular formula is C27H30Cl2N4O4. The number of hydrogen-bond donors (Lipinski definition) is 1. The van der Waals surface area contributed by atoms with E-state index in [1.54, 1.807) is 25.2 Å². The number of rotatable bonds is 6. The number of carboxylic acid groups (broad SMARTS) is 1. The molecular weight excluding hydrogens is 515 g/mol. The van der Waals surface area contributed by atoms with Gasteiger partial charge in [0.1, 0.15) is 12.2 Å². The average molecular weight is 545 g/mol. The maximum atomic E-state index is 13.6. The minimum absolute atomic E-state index is 0.0124. The predicted octanol–water partition coefficient (Wildman–Crippen LogP) is 5.44. The lowest BCUT2D eigenvalue weighted by atomic mass is 9.84.